The van der Waals surface area contributed by atoms with Gasteiger partial charge in [0.1, 0.15) is 11.6 Å². The van der Waals surface area contributed by atoms with Crippen LogP contribution in [0.5, 0.6) is 5.75 Å². The molecule has 2 rings (SSSR count). The standard InChI is InChI=1S/C8H4FNO3/c9-4-1-2-6-5(3-4)7(11)8(10-12)13-6/h1-3,12H. The summed E-state index contributed by atoms with van der Waals surface area (Å²) in [5, 5.41) is 11.0. The molecule has 0 aromatic heterocycles. The minimum Gasteiger partial charge on any atom is -0.433 e. The Bertz CT molecular complexity index is 414. The number of hydrogen-bond acceptors (Lipinski definition) is 4. The van der Waals surface area contributed by atoms with Gasteiger partial charge in [-0.2, -0.15) is 0 Å². The Morgan fingerprint density at radius 1 is 1.46 bits per heavy atom. The number of halogens is 1. The second-order valence-corrected chi connectivity index (χ2v) is 2.48. The molecule has 0 aliphatic carbocycles. The molecule has 0 fully saturated rings. The molecule has 0 saturated heterocycles. The molecule has 13 heavy (non-hydrogen) atoms. The van der Waals surface area contributed by atoms with Gasteiger partial charge in [-0.1, -0.05) is 0 Å². The quantitative estimate of drug-likeness (QED) is 0.483. The fourth-order valence-corrected chi connectivity index (χ4v) is 1.10. The van der Waals surface area contributed by atoms with Crippen molar-refractivity contribution in [3.63, 3.8) is 0 Å². The first kappa shape index (κ1) is 7.72. The van der Waals surface area contributed by atoms with Crippen molar-refractivity contribution in [2.24, 2.45) is 5.16 Å². The molecular formula is C8H4FNO3. The van der Waals surface area contributed by atoms with Gasteiger partial charge in [0.2, 0.25) is 0 Å². The lowest BCUT2D eigenvalue weighted by molar-refractivity contribution is 0.105. The molecule has 0 spiro atoms. The Balaban J connectivity index is 2.57. The van der Waals surface area contributed by atoms with Gasteiger partial charge in [0.15, 0.2) is 0 Å². The van der Waals surface area contributed by atoms with Crippen molar-refractivity contribution in [3.8, 4) is 5.75 Å². The lowest BCUT2D eigenvalue weighted by atomic mass is 10.1. The van der Waals surface area contributed by atoms with Crippen LogP contribution in [0.4, 0.5) is 4.39 Å². The van der Waals surface area contributed by atoms with E-state index in [1.807, 2.05) is 0 Å². The van der Waals surface area contributed by atoms with E-state index in [9.17, 15) is 9.18 Å². The number of ether oxygens (including phenoxy) is 1. The predicted molar refractivity (Wildman–Crippen MR) is 40.6 cm³/mol. The van der Waals surface area contributed by atoms with Gasteiger partial charge in [-0.3, -0.25) is 4.79 Å². The van der Waals surface area contributed by atoms with Crippen LogP contribution in [0, 0.1) is 5.82 Å². The Labute approximate surface area is 72.2 Å². The molecule has 1 N–H and O–H groups in total. The largest absolute Gasteiger partial charge is 0.433 e. The summed E-state index contributed by atoms with van der Waals surface area (Å²) < 4.78 is 17.5. The summed E-state index contributed by atoms with van der Waals surface area (Å²) in [6, 6.07) is 3.50. The molecule has 1 aliphatic rings. The Morgan fingerprint density at radius 2 is 2.23 bits per heavy atom. The molecule has 0 amide bonds. The van der Waals surface area contributed by atoms with E-state index in [2.05, 4.69) is 5.16 Å². The third-order valence-electron chi connectivity index (χ3n) is 1.68. The maximum Gasteiger partial charge on any atom is 0.304 e. The number of fused-ring (bicyclic) bond motifs is 1. The summed E-state index contributed by atoms with van der Waals surface area (Å²) >= 11 is 0. The first-order valence-corrected chi connectivity index (χ1v) is 3.46. The number of oxime groups is 1. The monoisotopic (exact) mass is 181 g/mol. The highest BCUT2D eigenvalue weighted by Crippen LogP contribution is 2.26. The summed E-state index contributed by atoms with van der Waals surface area (Å²) in [4.78, 5) is 11.2. The predicted octanol–water partition coefficient (Wildman–Crippen LogP) is 1.19. The molecule has 1 aromatic carbocycles. The minimum atomic E-state index is -0.614. The summed E-state index contributed by atoms with van der Waals surface area (Å²) in [6.45, 7) is 0. The number of Topliss-reactive ketones (excluding diaryl/α,β-unsaturated/α-hetero) is 1. The zero-order valence-corrected chi connectivity index (χ0v) is 6.32. The van der Waals surface area contributed by atoms with Gasteiger partial charge in [0.25, 0.3) is 5.78 Å². The van der Waals surface area contributed by atoms with E-state index in [0.29, 0.717) is 0 Å². The van der Waals surface area contributed by atoms with Crippen LogP contribution in [0.15, 0.2) is 23.4 Å². The lowest BCUT2D eigenvalue weighted by Gasteiger charge is -1.93. The van der Waals surface area contributed by atoms with Crippen molar-refractivity contribution < 1.29 is 19.1 Å². The number of carbonyl (C=O) groups excluding carboxylic acids is 1. The zero-order valence-electron chi connectivity index (χ0n) is 6.32. The highest BCUT2D eigenvalue weighted by Gasteiger charge is 2.29. The van der Waals surface area contributed by atoms with Crippen molar-refractivity contribution >= 4 is 11.7 Å². The molecule has 0 atom stereocenters. The molecule has 5 heteroatoms. The number of benzene rings is 1. The van der Waals surface area contributed by atoms with Gasteiger partial charge in [0.05, 0.1) is 5.56 Å². The van der Waals surface area contributed by atoms with Crippen molar-refractivity contribution in [2.45, 2.75) is 0 Å². The van der Waals surface area contributed by atoms with Gasteiger partial charge in [-0.15, -0.1) is 0 Å². The van der Waals surface area contributed by atoms with E-state index in [0.717, 1.165) is 12.1 Å². The zero-order chi connectivity index (χ0) is 9.42. The normalized spacial score (nSPS) is 17.3. The molecule has 0 saturated carbocycles. The van der Waals surface area contributed by atoms with Crippen LogP contribution in [0.25, 0.3) is 0 Å². The molecule has 1 heterocycles. The molecule has 66 valence electrons. The van der Waals surface area contributed by atoms with Gasteiger partial charge in [-0.25, -0.2) is 4.39 Å². The van der Waals surface area contributed by atoms with Crippen LogP contribution >= 0.6 is 0 Å². The number of ketones is 1. The van der Waals surface area contributed by atoms with E-state index < -0.39 is 17.5 Å². The van der Waals surface area contributed by atoms with E-state index >= 15 is 0 Å². The highest BCUT2D eigenvalue weighted by atomic mass is 19.1. The molecule has 1 aliphatic heterocycles. The summed E-state index contributed by atoms with van der Waals surface area (Å²) in [7, 11) is 0. The molecule has 0 radical (unpaired) electrons. The van der Waals surface area contributed by atoms with Gasteiger partial charge >= 0.3 is 5.90 Å². The van der Waals surface area contributed by atoms with Crippen LogP contribution in [-0.2, 0) is 0 Å². The third-order valence-corrected chi connectivity index (χ3v) is 1.68. The van der Waals surface area contributed by atoms with Crippen LogP contribution < -0.4 is 4.74 Å². The first-order valence-electron chi connectivity index (χ1n) is 3.46. The van der Waals surface area contributed by atoms with Crippen molar-refractivity contribution in [3.05, 3.63) is 29.6 Å². The maximum atomic E-state index is 12.7. The smallest absolute Gasteiger partial charge is 0.304 e. The first-order chi connectivity index (χ1) is 6.22. The molecular weight excluding hydrogens is 177 g/mol. The van der Waals surface area contributed by atoms with E-state index in [1.54, 1.807) is 0 Å². The van der Waals surface area contributed by atoms with Crippen molar-refractivity contribution in [1.29, 1.82) is 0 Å². The number of nitrogens with zero attached hydrogens (tertiary/aromatic N) is 1. The molecule has 4 nitrogen and oxygen atoms in total. The fourth-order valence-electron chi connectivity index (χ4n) is 1.10. The lowest BCUT2D eigenvalue weighted by Crippen LogP contribution is -2.11. The van der Waals surface area contributed by atoms with Crippen molar-refractivity contribution in [1.82, 2.24) is 0 Å². The maximum absolute atomic E-state index is 12.7. The third kappa shape index (κ3) is 1.05. The second-order valence-electron chi connectivity index (χ2n) is 2.48. The molecule has 0 bridgehead atoms. The average Bonchev–Trinajstić information content (AvgIpc) is 2.44. The fraction of sp³-hybridized carbons (Fsp3) is 0. The Hall–Kier alpha value is -1.91. The molecule has 1 aromatic rings. The van der Waals surface area contributed by atoms with Crippen LogP contribution in [0.1, 0.15) is 10.4 Å². The van der Waals surface area contributed by atoms with Crippen LogP contribution in [0.2, 0.25) is 0 Å². The summed E-state index contributed by atoms with van der Waals surface area (Å²) in [6.07, 6.45) is 0. The van der Waals surface area contributed by atoms with Gasteiger partial charge in [0, 0.05) is 0 Å². The minimum absolute atomic E-state index is 0.0767. The Morgan fingerprint density at radius 3 is 2.92 bits per heavy atom. The average molecular weight is 181 g/mol. The number of hydrogen-bond donors (Lipinski definition) is 1. The van der Waals surface area contributed by atoms with Gasteiger partial charge in [-0.05, 0) is 23.4 Å². The Kier molecular flexibility index (Phi) is 1.51. The second kappa shape index (κ2) is 2.55. The van der Waals surface area contributed by atoms with E-state index in [4.69, 9.17) is 9.94 Å². The topological polar surface area (TPSA) is 58.9 Å². The number of rotatable bonds is 0. The van der Waals surface area contributed by atoms with Gasteiger partial charge < -0.3 is 9.94 Å². The summed E-state index contributed by atoms with van der Waals surface area (Å²) in [5.74, 6) is -1.37. The van der Waals surface area contributed by atoms with Crippen LogP contribution in [-0.4, -0.2) is 16.9 Å². The highest BCUT2D eigenvalue weighted by molar-refractivity contribution is 6.46. The molecule has 0 unspecified atom stereocenters. The van der Waals surface area contributed by atoms with Crippen LogP contribution in [0.3, 0.4) is 0 Å². The van der Waals surface area contributed by atoms with Crippen molar-refractivity contribution in [2.75, 3.05) is 0 Å². The number of carbonyl (C=O) groups is 1. The van der Waals surface area contributed by atoms with E-state index in [1.165, 1.54) is 6.07 Å². The SMILES string of the molecule is O=C1C(=NO)Oc2ccc(F)cc21. The van der Waals surface area contributed by atoms with E-state index in [-0.39, 0.29) is 11.3 Å². The summed E-state index contributed by atoms with van der Waals surface area (Å²) in [5.41, 5.74) is 0.0767.